The molecule has 0 aromatic carbocycles. The van der Waals surface area contributed by atoms with Crippen LogP contribution in [0.5, 0.6) is 0 Å². The van der Waals surface area contributed by atoms with Crippen LogP contribution in [-0.4, -0.2) is 58.1 Å². The molecule has 0 spiro atoms. The van der Waals surface area contributed by atoms with Crippen LogP contribution in [0.15, 0.2) is 0 Å². The molecule has 0 saturated carbocycles. The minimum absolute atomic E-state index is 0.0132. The van der Waals surface area contributed by atoms with E-state index in [0.717, 1.165) is 0 Å². The molecular weight excluding hydrogens is 219 g/mol. The van der Waals surface area contributed by atoms with Gasteiger partial charge in [0.05, 0.1) is 24.8 Å². The molecule has 0 bridgehead atoms. The highest BCUT2D eigenvalue weighted by Gasteiger charge is 2.43. The third-order valence-electron chi connectivity index (χ3n) is 2.84. The average molecular weight is 244 g/mol. The monoisotopic (exact) mass is 244 g/mol. The minimum atomic E-state index is -0.0499. The van der Waals surface area contributed by atoms with Crippen LogP contribution in [-0.2, 0) is 18.9 Å². The van der Waals surface area contributed by atoms with E-state index in [1.54, 1.807) is 7.11 Å². The summed E-state index contributed by atoms with van der Waals surface area (Å²) in [6.45, 7) is 8.64. The largest absolute Gasteiger partial charge is 0.376 e. The molecule has 1 heterocycles. The van der Waals surface area contributed by atoms with Gasteiger partial charge in [-0.2, -0.15) is 0 Å². The fourth-order valence-corrected chi connectivity index (χ4v) is 2.12. The van der Waals surface area contributed by atoms with Crippen molar-refractivity contribution in [1.82, 2.24) is 0 Å². The molecule has 4 atom stereocenters. The zero-order valence-corrected chi connectivity index (χ0v) is 11.8. The van der Waals surface area contributed by atoms with Gasteiger partial charge in [-0.05, 0) is 27.7 Å². The van der Waals surface area contributed by atoms with E-state index in [1.807, 2.05) is 35.5 Å². The van der Waals surface area contributed by atoms with Gasteiger partial charge >= 0.3 is 0 Å². The molecule has 1 rings (SSSR count). The van der Waals surface area contributed by atoms with Crippen LogP contribution in [0.4, 0.5) is 0 Å². The third-order valence-corrected chi connectivity index (χ3v) is 2.84. The Morgan fingerprint density at radius 3 is 2.24 bits per heavy atom. The number of methoxy groups -OCH3 is 1. The number of hydrogen-bond acceptors (Lipinski definition) is 4. The lowest BCUT2D eigenvalue weighted by Gasteiger charge is -2.24. The zero-order valence-electron chi connectivity index (χ0n) is 11.8. The Morgan fingerprint density at radius 1 is 1.12 bits per heavy atom. The van der Waals surface area contributed by atoms with Gasteiger partial charge in [-0.25, -0.2) is 0 Å². The number of rotatable bonds is 6. The molecule has 0 N–H and O–H groups in total. The van der Waals surface area contributed by atoms with Crippen LogP contribution < -0.4 is 0 Å². The minimum Gasteiger partial charge on any atom is -0.376 e. The second kappa shape index (κ2) is 6.73. The molecule has 5 heteroatoms. The summed E-state index contributed by atoms with van der Waals surface area (Å²) in [5.41, 5.74) is 0. The predicted octanol–water partition coefficient (Wildman–Crippen LogP) is 0.578. The van der Waals surface area contributed by atoms with Crippen molar-refractivity contribution in [2.45, 2.75) is 64.2 Å². The predicted molar refractivity (Wildman–Crippen MR) is 69.1 cm³/mol. The van der Waals surface area contributed by atoms with Gasteiger partial charge in [0.15, 0.2) is 0 Å². The van der Waals surface area contributed by atoms with E-state index < -0.39 is 0 Å². The molecule has 0 aromatic heterocycles. The molecule has 17 heavy (non-hydrogen) atoms. The van der Waals surface area contributed by atoms with Gasteiger partial charge < -0.3 is 18.9 Å². The van der Waals surface area contributed by atoms with Crippen molar-refractivity contribution in [2.75, 3.05) is 13.7 Å². The van der Waals surface area contributed by atoms with Gasteiger partial charge in [0.2, 0.25) is 0 Å². The lowest BCUT2D eigenvalue weighted by atomic mass is 9.92. The highest BCUT2D eigenvalue weighted by atomic mass is 16.6. The molecule has 1 aliphatic heterocycles. The van der Waals surface area contributed by atoms with Crippen molar-refractivity contribution in [3.8, 4) is 0 Å². The second-order valence-electron chi connectivity index (χ2n) is 5.11. The first-order valence-corrected chi connectivity index (χ1v) is 6.41. The van der Waals surface area contributed by atoms with Gasteiger partial charge in [0.1, 0.15) is 26.2 Å². The number of hydrogen-bond donors (Lipinski definition) is 0. The number of ether oxygens (including phenoxy) is 4. The van der Waals surface area contributed by atoms with E-state index in [1.165, 1.54) is 0 Å². The van der Waals surface area contributed by atoms with Crippen LogP contribution in [0.2, 0.25) is 0 Å². The highest BCUT2D eigenvalue weighted by molar-refractivity contribution is 6.11. The van der Waals surface area contributed by atoms with Crippen LogP contribution in [0.3, 0.4) is 0 Å². The maximum absolute atomic E-state index is 5.86. The SMILES string of the molecule is B[C@@H]1O[C@H](COC(C)C)C(OC)C1OC(C)C. The van der Waals surface area contributed by atoms with E-state index >= 15 is 0 Å². The van der Waals surface area contributed by atoms with Crippen molar-refractivity contribution < 1.29 is 18.9 Å². The lowest BCUT2D eigenvalue weighted by molar-refractivity contribution is -0.0796. The Hall–Kier alpha value is -0.0951. The first-order valence-electron chi connectivity index (χ1n) is 6.41. The summed E-state index contributed by atoms with van der Waals surface area (Å²) in [5.74, 6) is 0. The third kappa shape index (κ3) is 4.25. The summed E-state index contributed by atoms with van der Waals surface area (Å²) >= 11 is 0. The summed E-state index contributed by atoms with van der Waals surface area (Å²) in [7, 11) is 3.72. The zero-order chi connectivity index (χ0) is 13.0. The Labute approximate surface area is 105 Å². The topological polar surface area (TPSA) is 36.9 Å². The van der Waals surface area contributed by atoms with Gasteiger partial charge in [-0.1, -0.05) is 0 Å². The molecule has 1 saturated heterocycles. The summed E-state index contributed by atoms with van der Waals surface area (Å²) in [6, 6.07) is 0.0445. The smallest absolute Gasteiger partial charge is 0.142 e. The maximum atomic E-state index is 5.86. The van der Waals surface area contributed by atoms with Gasteiger partial charge in [-0.15, -0.1) is 0 Å². The Morgan fingerprint density at radius 2 is 1.76 bits per heavy atom. The van der Waals surface area contributed by atoms with E-state index in [0.29, 0.717) is 6.61 Å². The molecule has 4 nitrogen and oxygen atoms in total. The van der Waals surface area contributed by atoms with E-state index in [9.17, 15) is 0 Å². The highest BCUT2D eigenvalue weighted by Crippen LogP contribution is 2.26. The fourth-order valence-electron chi connectivity index (χ4n) is 2.12. The standard InChI is InChI=1S/C12H25BO4/c1-7(2)15-6-9-10(14-5)11(12(13)17-9)16-8(3)4/h7-12H,6,13H2,1-5H3/t9-,10?,11?,12-/m1/s1. The molecule has 1 aliphatic rings. The molecule has 1 fully saturated rings. The summed E-state index contributed by atoms with van der Waals surface area (Å²) in [5, 5.41) is 0. The molecule has 0 aliphatic carbocycles. The van der Waals surface area contributed by atoms with Gasteiger partial charge in [0.25, 0.3) is 0 Å². The molecule has 0 aromatic rings. The first kappa shape index (κ1) is 15.0. The molecule has 0 radical (unpaired) electrons. The molecule has 0 amide bonds. The second-order valence-corrected chi connectivity index (χ2v) is 5.11. The summed E-state index contributed by atoms with van der Waals surface area (Å²) in [6.07, 6.45) is 0.276. The van der Waals surface area contributed by atoms with Gasteiger partial charge in [0, 0.05) is 7.11 Å². The summed E-state index contributed by atoms with van der Waals surface area (Å²) < 4.78 is 22.8. The van der Waals surface area contributed by atoms with Crippen LogP contribution in [0.1, 0.15) is 27.7 Å². The Bertz CT molecular complexity index is 223. The molecule has 100 valence electrons. The average Bonchev–Trinajstić information content (AvgIpc) is 2.51. The van der Waals surface area contributed by atoms with Crippen molar-refractivity contribution in [3.05, 3.63) is 0 Å². The van der Waals surface area contributed by atoms with Crippen LogP contribution in [0, 0.1) is 0 Å². The van der Waals surface area contributed by atoms with E-state index in [4.69, 9.17) is 18.9 Å². The van der Waals surface area contributed by atoms with Crippen molar-refractivity contribution in [1.29, 1.82) is 0 Å². The maximum Gasteiger partial charge on any atom is 0.142 e. The molecule has 2 unspecified atom stereocenters. The molecular formula is C12H25BO4. The van der Waals surface area contributed by atoms with Crippen LogP contribution in [0.25, 0.3) is 0 Å². The quantitative estimate of drug-likeness (QED) is 0.640. The van der Waals surface area contributed by atoms with Crippen LogP contribution >= 0.6 is 0 Å². The Balaban J connectivity index is 2.56. The van der Waals surface area contributed by atoms with E-state index in [-0.39, 0.29) is 36.5 Å². The fraction of sp³-hybridized carbons (Fsp3) is 1.00. The lowest BCUT2D eigenvalue weighted by Crippen LogP contribution is -2.40. The summed E-state index contributed by atoms with van der Waals surface area (Å²) in [4.78, 5) is 0. The van der Waals surface area contributed by atoms with Crippen molar-refractivity contribution in [2.24, 2.45) is 0 Å². The van der Waals surface area contributed by atoms with Gasteiger partial charge in [-0.3, -0.25) is 0 Å². The van der Waals surface area contributed by atoms with E-state index in [2.05, 4.69) is 0 Å². The Kier molecular flexibility index (Phi) is 5.93. The first-order chi connectivity index (χ1) is 7.95. The van der Waals surface area contributed by atoms with Crippen molar-refractivity contribution >= 4 is 7.85 Å². The van der Waals surface area contributed by atoms with Crippen molar-refractivity contribution in [3.63, 3.8) is 0 Å². The normalized spacial score (nSPS) is 33.8.